The van der Waals surface area contributed by atoms with E-state index < -0.39 is 0 Å². The normalized spacial score (nSPS) is 16.6. The first kappa shape index (κ1) is 18.0. The molecule has 0 aliphatic carbocycles. The molecule has 7 nitrogen and oxygen atoms in total. The maximum absolute atomic E-state index is 12.0. The van der Waals surface area contributed by atoms with Gasteiger partial charge in [-0.2, -0.15) is 0 Å². The number of benzene rings is 2. The molecular weight excluding hydrogens is 352 g/mol. The van der Waals surface area contributed by atoms with Crippen molar-refractivity contribution in [2.24, 2.45) is 12.0 Å². The lowest BCUT2D eigenvalue weighted by Gasteiger charge is -2.26. The fourth-order valence-corrected chi connectivity index (χ4v) is 3.64. The summed E-state index contributed by atoms with van der Waals surface area (Å²) in [5.74, 6) is 1.79. The van der Waals surface area contributed by atoms with Crippen molar-refractivity contribution in [1.29, 1.82) is 0 Å². The van der Waals surface area contributed by atoms with Crippen LogP contribution in [0.4, 0.5) is 5.69 Å². The lowest BCUT2D eigenvalue weighted by atomic mass is 9.90. The van der Waals surface area contributed by atoms with E-state index in [2.05, 4.69) is 42.6 Å². The van der Waals surface area contributed by atoms with Crippen molar-refractivity contribution >= 4 is 28.6 Å². The van der Waals surface area contributed by atoms with E-state index in [0.29, 0.717) is 25.5 Å². The molecule has 1 aliphatic heterocycles. The number of para-hydroxylation sites is 3. The van der Waals surface area contributed by atoms with Gasteiger partial charge in [0.25, 0.3) is 0 Å². The molecule has 1 aliphatic rings. The Morgan fingerprint density at radius 1 is 1.21 bits per heavy atom. The van der Waals surface area contributed by atoms with Gasteiger partial charge in [-0.05, 0) is 23.8 Å². The highest BCUT2D eigenvalue weighted by Gasteiger charge is 2.24. The molecule has 0 fully saturated rings. The van der Waals surface area contributed by atoms with Gasteiger partial charge in [-0.3, -0.25) is 9.79 Å². The molecular formula is C21H24N6O. The van der Waals surface area contributed by atoms with Crippen LogP contribution >= 0.6 is 0 Å². The van der Waals surface area contributed by atoms with Crippen LogP contribution in [0.2, 0.25) is 0 Å². The zero-order valence-electron chi connectivity index (χ0n) is 16.1. The summed E-state index contributed by atoms with van der Waals surface area (Å²) in [5, 5.41) is 9.60. The second-order valence-corrected chi connectivity index (χ2v) is 6.92. The van der Waals surface area contributed by atoms with Crippen LogP contribution in [-0.2, 0) is 18.4 Å². The predicted octanol–water partition coefficient (Wildman–Crippen LogP) is 2.36. The Hall–Kier alpha value is -3.35. The van der Waals surface area contributed by atoms with Crippen LogP contribution in [0.5, 0.6) is 0 Å². The van der Waals surface area contributed by atoms with Crippen LogP contribution in [0, 0.1) is 0 Å². The maximum atomic E-state index is 12.0. The van der Waals surface area contributed by atoms with Crippen LogP contribution in [0.25, 0.3) is 11.0 Å². The summed E-state index contributed by atoms with van der Waals surface area (Å²) in [6.07, 6.45) is 0.464. The van der Waals surface area contributed by atoms with Gasteiger partial charge in [0.2, 0.25) is 5.91 Å². The summed E-state index contributed by atoms with van der Waals surface area (Å²) in [6, 6.07) is 16.0. The zero-order chi connectivity index (χ0) is 19.5. The fourth-order valence-electron chi connectivity index (χ4n) is 3.64. The third-order valence-corrected chi connectivity index (χ3v) is 5.14. The van der Waals surface area contributed by atoms with Crippen LogP contribution in [-0.4, -0.2) is 35.0 Å². The highest BCUT2D eigenvalue weighted by atomic mass is 16.1. The largest absolute Gasteiger partial charge is 0.356 e. The molecule has 0 saturated carbocycles. The number of imidazole rings is 1. The highest BCUT2D eigenvalue weighted by molar-refractivity contribution is 5.94. The summed E-state index contributed by atoms with van der Waals surface area (Å²) in [4.78, 5) is 21.0. The number of aryl methyl sites for hydroxylation is 1. The number of fused-ring (bicyclic) bond motifs is 2. The van der Waals surface area contributed by atoms with E-state index in [1.54, 1.807) is 7.05 Å². The quantitative estimate of drug-likeness (QED) is 0.482. The minimum absolute atomic E-state index is 0.0492. The first-order valence-corrected chi connectivity index (χ1v) is 9.39. The number of hydrogen-bond donors (Lipinski definition) is 3. The van der Waals surface area contributed by atoms with Crippen LogP contribution in [0.3, 0.4) is 0 Å². The third kappa shape index (κ3) is 3.55. The van der Waals surface area contributed by atoms with Gasteiger partial charge < -0.3 is 20.5 Å². The summed E-state index contributed by atoms with van der Waals surface area (Å²) in [7, 11) is 3.76. The molecule has 28 heavy (non-hydrogen) atoms. The Morgan fingerprint density at radius 3 is 2.82 bits per heavy atom. The van der Waals surface area contributed by atoms with Crippen LogP contribution in [0.15, 0.2) is 53.5 Å². The Bertz CT molecular complexity index is 1040. The highest BCUT2D eigenvalue weighted by Crippen LogP contribution is 2.31. The van der Waals surface area contributed by atoms with E-state index in [1.807, 2.05) is 43.4 Å². The fraction of sp³-hybridized carbons (Fsp3) is 0.286. The summed E-state index contributed by atoms with van der Waals surface area (Å²) < 4.78 is 2.08. The van der Waals surface area contributed by atoms with Crippen molar-refractivity contribution in [3.05, 3.63) is 59.9 Å². The van der Waals surface area contributed by atoms with Crippen LogP contribution < -0.4 is 16.0 Å². The monoisotopic (exact) mass is 376 g/mol. The zero-order valence-corrected chi connectivity index (χ0v) is 16.1. The van der Waals surface area contributed by atoms with Gasteiger partial charge >= 0.3 is 0 Å². The minimum Gasteiger partial charge on any atom is -0.356 e. The molecule has 1 amide bonds. The SMILES string of the molecule is CN=C(NCc1nc2ccccc2n1C)NCC1CC(=O)Nc2ccccc21. The van der Waals surface area contributed by atoms with Crippen molar-refractivity contribution in [2.75, 3.05) is 18.9 Å². The lowest BCUT2D eigenvalue weighted by molar-refractivity contribution is -0.116. The van der Waals surface area contributed by atoms with E-state index >= 15 is 0 Å². The molecule has 0 radical (unpaired) electrons. The average Bonchev–Trinajstić information content (AvgIpc) is 3.04. The molecule has 1 aromatic heterocycles. The van der Waals surface area contributed by atoms with Gasteiger partial charge in [0.1, 0.15) is 5.82 Å². The number of hydrogen-bond acceptors (Lipinski definition) is 3. The number of amides is 1. The topological polar surface area (TPSA) is 83.3 Å². The lowest BCUT2D eigenvalue weighted by Crippen LogP contribution is -2.40. The molecule has 7 heteroatoms. The molecule has 1 atom stereocenters. The molecule has 3 N–H and O–H groups in total. The average molecular weight is 376 g/mol. The first-order chi connectivity index (χ1) is 13.7. The van der Waals surface area contributed by atoms with E-state index in [1.165, 1.54) is 0 Å². The number of guanidine groups is 1. The molecule has 0 spiro atoms. The minimum atomic E-state index is 0.0492. The van der Waals surface area contributed by atoms with E-state index in [-0.39, 0.29) is 11.8 Å². The molecule has 0 bridgehead atoms. The second-order valence-electron chi connectivity index (χ2n) is 6.92. The Balaban J connectivity index is 1.40. The molecule has 0 saturated heterocycles. The number of aromatic nitrogens is 2. The molecule has 2 heterocycles. The van der Waals surface area contributed by atoms with E-state index in [4.69, 9.17) is 0 Å². The maximum Gasteiger partial charge on any atom is 0.225 e. The van der Waals surface area contributed by atoms with Gasteiger partial charge in [0, 0.05) is 38.7 Å². The number of rotatable bonds is 4. The number of carbonyl (C=O) groups excluding carboxylic acids is 1. The predicted molar refractivity (Wildman–Crippen MR) is 111 cm³/mol. The second kappa shape index (κ2) is 7.72. The van der Waals surface area contributed by atoms with Gasteiger partial charge in [-0.1, -0.05) is 30.3 Å². The van der Waals surface area contributed by atoms with Crippen molar-refractivity contribution in [3.63, 3.8) is 0 Å². The number of nitrogens with one attached hydrogen (secondary N) is 3. The Kier molecular flexibility index (Phi) is 4.97. The smallest absolute Gasteiger partial charge is 0.225 e. The van der Waals surface area contributed by atoms with Crippen molar-refractivity contribution in [2.45, 2.75) is 18.9 Å². The van der Waals surface area contributed by atoms with Gasteiger partial charge in [0.05, 0.1) is 17.6 Å². The summed E-state index contributed by atoms with van der Waals surface area (Å²) >= 11 is 0. The van der Waals surface area contributed by atoms with Crippen molar-refractivity contribution in [1.82, 2.24) is 20.2 Å². The molecule has 2 aromatic carbocycles. The van der Waals surface area contributed by atoms with Crippen LogP contribution in [0.1, 0.15) is 23.7 Å². The molecule has 1 unspecified atom stereocenters. The van der Waals surface area contributed by atoms with Crippen molar-refractivity contribution < 1.29 is 4.79 Å². The molecule has 3 aromatic rings. The Morgan fingerprint density at radius 2 is 2.00 bits per heavy atom. The van der Waals surface area contributed by atoms with Gasteiger partial charge in [0.15, 0.2) is 5.96 Å². The molecule has 4 rings (SSSR count). The summed E-state index contributed by atoms with van der Waals surface area (Å²) in [5.41, 5.74) is 4.13. The number of anilines is 1. The van der Waals surface area contributed by atoms with E-state index in [0.717, 1.165) is 28.1 Å². The Labute approximate surface area is 163 Å². The number of nitrogens with zero attached hydrogens (tertiary/aromatic N) is 3. The third-order valence-electron chi connectivity index (χ3n) is 5.14. The van der Waals surface area contributed by atoms with E-state index in [9.17, 15) is 4.79 Å². The molecule has 144 valence electrons. The number of aliphatic imine (C=N–C) groups is 1. The van der Waals surface area contributed by atoms with Crippen molar-refractivity contribution in [3.8, 4) is 0 Å². The standard InChI is InChI=1S/C21H24N6O/c1-22-21(24-13-19-25-17-9-5-6-10-18(17)27(19)2)23-12-14-11-20(28)26-16-8-4-3-7-15(14)16/h3-10,14H,11-13H2,1-2H3,(H,26,28)(H2,22,23,24). The summed E-state index contributed by atoms with van der Waals surface area (Å²) in [6.45, 7) is 1.19. The number of carbonyl (C=O) groups is 1. The van der Waals surface area contributed by atoms with Gasteiger partial charge in [-0.15, -0.1) is 0 Å². The first-order valence-electron chi connectivity index (χ1n) is 9.39. The van der Waals surface area contributed by atoms with Gasteiger partial charge in [-0.25, -0.2) is 4.98 Å².